The average Bonchev–Trinajstić information content (AvgIpc) is 3.20. The fourth-order valence-electron chi connectivity index (χ4n) is 2.89. The Kier molecular flexibility index (Phi) is 7.67. The van der Waals surface area contributed by atoms with Crippen molar-refractivity contribution in [2.24, 2.45) is 4.99 Å². The highest BCUT2D eigenvalue weighted by molar-refractivity contribution is 14.0. The average molecular weight is 455 g/mol. The normalized spacial score (nSPS) is 13.5. The summed E-state index contributed by atoms with van der Waals surface area (Å²) in [5.41, 5.74) is 2.66. The van der Waals surface area contributed by atoms with Crippen LogP contribution < -0.4 is 10.2 Å². The number of fused-ring (bicyclic) bond motifs is 1. The van der Waals surface area contributed by atoms with E-state index in [4.69, 9.17) is 9.52 Å². The van der Waals surface area contributed by atoms with Gasteiger partial charge in [-0.3, -0.25) is 4.99 Å². The number of aromatic nitrogens is 2. The fourth-order valence-corrected chi connectivity index (χ4v) is 2.89. The number of guanidine groups is 1. The molecular weight excluding hydrogens is 429 g/mol. The smallest absolute Gasteiger partial charge is 0.226 e. The SMILES string of the molecule is CCCN=C(NCCCc1nc(C)no1)N1CCc2ccccc21.I. The summed E-state index contributed by atoms with van der Waals surface area (Å²) in [6, 6.07) is 8.56. The molecule has 0 aliphatic carbocycles. The molecule has 2 heterocycles. The Labute approximate surface area is 166 Å². The summed E-state index contributed by atoms with van der Waals surface area (Å²) >= 11 is 0. The number of nitrogens with zero attached hydrogens (tertiary/aromatic N) is 4. The van der Waals surface area contributed by atoms with Gasteiger partial charge in [-0.25, -0.2) is 0 Å². The number of anilines is 1. The van der Waals surface area contributed by atoms with Crippen LogP contribution in [0.3, 0.4) is 0 Å². The van der Waals surface area contributed by atoms with Gasteiger partial charge >= 0.3 is 0 Å². The first-order chi connectivity index (χ1) is 11.8. The lowest BCUT2D eigenvalue weighted by Crippen LogP contribution is -2.41. The van der Waals surface area contributed by atoms with Gasteiger partial charge in [0.05, 0.1) is 0 Å². The van der Waals surface area contributed by atoms with Crippen molar-refractivity contribution in [3.63, 3.8) is 0 Å². The Morgan fingerprint density at radius 3 is 2.96 bits per heavy atom. The third-order valence-corrected chi connectivity index (χ3v) is 4.05. The van der Waals surface area contributed by atoms with Crippen LogP contribution in [0.5, 0.6) is 0 Å². The van der Waals surface area contributed by atoms with E-state index in [0.29, 0.717) is 11.7 Å². The molecule has 6 nitrogen and oxygen atoms in total. The zero-order valence-electron chi connectivity index (χ0n) is 14.9. The standard InChI is InChI=1S/C18H25N5O.HI/c1-3-11-19-18(20-12-6-9-17-21-14(2)22-24-17)23-13-10-15-7-4-5-8-16(15)23;/h4-5,7-8H,3,6,9-13H2,1-2H3,(H,19,20);1H. The second-order valence-corrected chi connectivity index (χ2v) is 6.00. The minimum absolute atomic E-state index is 0. The Morgan fingerprint density at radius 2 is 2.20 bits per heavy atom. The molecule has 3 rings (SSSR count). The van der Waals surface area contributed by atoms with Gasteiger partial charge in [0.2, 0.25) is 5.89 Å². The van der Waals surface area contributed by atoms with Crippen LogP contribution in [0.4, 0.5) is 5.69 Å². The van der Waals surface area contributed by atoms with E-state index < -0.39 is 0 Å². The van der Waals surface area contributed by atoms with Crippen molar-refractivity contribution in [2.45, 2.75) is 39.5 Å². The summed E-state index contributed by atoms with van der Waals surface area (Å²) in [5.74, 6) is 2.37. The van der Waals surface area contributed by atoms with Crippen molar-refractivity contribution >= 4 is 35.6 Å². The van der Waals surface area contributed by atoms with Gasteiger partial charge in [0.1, 0.15) is 0 Å². The molecule has 2 aromatic rings. The lowest BCUT2D eigenvalue weighted by Gasteiger charge is -2.22. The highest BCUT2D eigenvalue weighted by Gasteiger charge is 2.22. The zero-order chi connectivity index (χ0) is 16.8. The first-order valence-corrected chi connectivity index (χ1v) is 8.71. The van der Waals surface area contributed by atoms with Gasteiger partial charge in [0.25, 0.3) is 0 Å². The molecule has 1 aromatic carbocycles. The predicted molar refractivity (Wildman–Crippen MR) is 111 cm³/mol. The van der Waals surface area contributed by atoms with Crippen LogP contribution in [0.25, 0.3) is 0 Å². The molecule has 0 saturated heterocycles. The van der Waals surface area contributed by atoms with Crippen molar-refractivity contribution < 1.29 is 4.52 Å². The molecule has 136 valence electrons. The van der Waals surface area contributed by atoms with Gasteiger partial charge < -0.3 is 14.7 Å². The second-order valence-electron chi connectivity index (χ2n) is 6.00. The molecule has 0 radical (unpaired) electrons. The summed E-state index contributed by atoms with van der Waals surface area (Å²) < 4.78 is 5.15. The molecule has 0 spiro atoms. The Hall–Kier alpha value is -1.64. The van der Waals surface area contributed by atoms with Crippen molar-refractivity contribution in [2.75, 3.05) is 24.5 Å². The van der Waals surface area contributed by atoms with E-state index in [1.807, 2.05) is 6.92 Å². The molecule has 1 aliphatic rings. The molecule has 0 bridgehead atoms. The number of rotatable bonds is 6. The predicted octanol–water partition coefficient (Wildman–Crippen LogP) is 3.35. The van der Waals surface area contributed by atoms with Crippen LogP contribution in [0.1, 0.15) is 37.0 Å². The number of nitrogens with one attached hydrogen (secondary N) is 1. The third kappa shape index (κ3) is 5.17. The highest BCUT2D eigenvalue weighted by atomic mass is 127. The van der Waals surface area contributed by atoms with E-state index >= 15 is 0 Å². The van der Waals surface area contributed by atoms with Crippen LogP contribution in [-0.2, 0) is 12.8 Å². The summed E-state index contributed by atoms with van der Waals surface area (Å²) in [6.45, 7) is 6.65. The summed E-state index contributed by atoms with van der Waals surface area (Å²) in [5, 5.41) is 7.32. The van der Waals surface area contributed by atoms with E-state index in [1.54, 1.807) is 0 Å². The van der Waals surface area contributed by atoms with Crippen LogP contribution in [0.2, 0.25) is 0 Å². The monoisotopic (exact) mass is 455 g/mol. The largest absolute Gasteiger partial charge is 0.356 e. The number of aliphatic imine (C=N–C) groups is 1. The maximum absolute atomic E-state index is 5.15. The van der Waals surface area contributed by atoms with Crippen LogP contribution in [0.15, 0.2) is 33.8 Å². The van der Waals surface area contributed by atoms with Crippen molar-refractivity contribution in [3.05, 3.63) is 41.5 Å². The van der Waals surface area contributed by atoms with Gasteiger partial charge in [-0.05, 0) is 37.8 Å². The lowest BCUT2D eigenvalue weighted by atomic mass is 10.2. The number of halogens is 1. The zero-order valence-corrected chi connectivity index (χ0v) is 17.2. The molecule has 0 atom stereocenters. The summed E-state index contributed by atoms with van der Waals surface area (Å²) in [6.07, 6.45) is 3.83. The van der Waals surface area contributed by atoms with Crippen molar-refractivity contribution in [1.82, 2.24) is 15.5 Å². The molecule has 0 fully saturated rings. The minimum atomic E-state index is 0. The first-order valence-electron chi connectivity index (χ1n) is 8.71. The van der Waals surface area contributed by atoms with Crippen molar-refractivity contribution in [3.8, 4) is 0 Å². The molecule has 1 aliphatic heterocycles. The molecule has 7 heteroatoms. The summed E-state index contributed by atoms with van der Waals surface area (Å²) in [4.78, 5) is 11.3. The Morgan fingerprint density at radius 1 is 1.36 bits per heavy atom. The van der Waals surface area contributed by atoms with Crippen LogP contribution in [0, 0.1) is 6.92 Å². The fraction of sp³-hybridized carbons (Fsp3) is 0.500. The van der Waals surface area contributed by atoms with Crippen LogP contribution >= 0.6 is 24.0 Å². The number of hydrogen-bond donors (Lipinski definition) is 1. The number of benzene rings is 1. The quantitative estimate of drug-likeness (QED) is 0.313. The second kappa shape index (κ2) is 9.74. The minimum Gasteiger partial charge on any atom is -0.356 e. The van der Waals surface area contributed by atoms with Gasteiger partial charge in [0.15, 0.2) is 11.8 Å². The van der Waals surface area contributed by atoms with Crippen LogP contribution in [-0.4, -0.2) is 35.7 Å². The van der Waals surface area contributed by atoms with Gasteiger partial charge in [0, 0.05) is 31.7 Å². The number of aryl methyl sites for hydroxylation is 2. The van der Waals surface area contributed by atoms with Crippen molar-refractivity contribution in [1.29, 1.82) is 0 Å². The highest BCUT2D eigenvalue weighted by Crippen LogP contribution is 2.27. The molecule has 0 amide bonds. The summed E-state index contributed by atoms with van der Waals surface area (Å²) in [7, 11) is 0. The van der Waals surface area contributed by atoms with E-state index in [2.05, 4.69) is 51.5 Å². The Bertz CT molecular complexity index is 700. The third-order valence-electron chi connectivity index (χ3n) is 4.05. The number of para-hydroxylation sites is 1. The van der Waals surface area contributed by atoms with E-state index in [-0.39, 0.29) is 24.0 Å². The lowest BCUT2D eigenvalue weighted by molar-refractivity contribution is 0.372. The topological polar surface area (TPSA) is 66.5 Å². The molecule has 0 unspecified atom stereocenters. The molecule has 1 N–H and O–H groups in total. The van der Waals surface area contributed by atoms with Gasteiger partial charge in [-0.2, -0.15) is 4.98 Å². The van der Waals surface area contributed by atoms with E-state index in [0.717, 1.165) is 51.3 Å². The van der Waals surface area contributed by atoms with Gasteiger partial charge in [-0.15, -0.1) is 24.0 Å². The molecule has 0 saturated carbocycles. The number of hydrogen-bond acceptors (Lipinski definition) is 4. The van der Waals surface area contributed by atoms with E-state index in [1.165, 1.54) is 11.3 Å². The molecule has 1 aromatic heterocycles. The first kappa shape index (κ1) is 19.7. The van der Waals surface area contributed by atoms with E-state index in [9.17, 15) is 0 Å². The molecular formula is C18H26IN5O. The molecule has 25 heavy (non-hydrogen) atoms. The Balaban J connectivity index is 0.00000225. The van der Waals surface area contributed by atoms with Gasteiger partial charge in [-0.1, -0.05) is 30.3 Å². The maximum Gasteiger partial charge on any atom is 0.226 e. The maximum atomic E-state index is 5.15.